The van der Waals surface area contributed by atoms with Crippen LogP contribution in [0.5, 0.6) is 0 Å². The first-order valence-corrected chi connectivity index (χ1v) is 7.41. The van der Waals surface area contributed by atoms with Crippen LogP contribution in [-0.2, 0) is 14.8 Å². The van der Waals surface area contributed by atoms with Gasteiger partial charge < -0.3 is 10.6 Å². The summed E-state index contributed by atoms with van der Waals surface area (Å²) in [6, 6.07) is 6.48. The number of amides is 1. The number of carbonyl (C=O) groups excluding carboxylic acids is 1. The first-order chi connectivity index (χ1) is 8.86. The van der Waals surface area contributed by atoms with Gasteiger partial charge in [0.25, 0.3) is 0 Å². The second-order valence-corrected chi connectivity index (χ2v) is 6.13. The van der Waals surface area contributed by atoms with Gasteiger partial charge in [0, 0.05) is 6.04 Å². The fourth-order valence-electron chi connectivity index (χ4n) is 1.51. The molecule has 0 aliphatic carbocycles. The predicted octanol–water partition coefficient (Wildman–Crippen LogP) is 0.531. The number of sulfonamides is 1. The van der Waals surface area contributed by atoms with Gasteiger partial charge in [0.2, 0.25) is 15.9 Å². The molecule has 1 rings (SSSR count). The van der Waals surface area contributed by atoms with Crippen molar-refractivity contribution < 1.29 is 13.2 Å². The van der Waals surface area contributed by atoms with Crippen LogP contribution in [0.15, 0.2) is 29.2 Å². The van der Waals surface area contributed by atoms with Crippen molar-refractivity contribution in [2.24, 2.45) is 0 Å². The van der Waals surface area contributed by atoms with Crippen LogP contribution in [0, 0.1) is 0 Å². The van der Waals surface area contributed by atoms with E-state index in [0.717, 1.165) is 0 Å². The van der Waals surface area contributed by atoms with E-state index in [-0.39, 0.29) is 23.4 Å². The van der Waals surface area contributed by atoms with Crippen molar-refractivity contribution in [3.05, 3.63) is 24.3 Å². The first-order valence-electron chi connectivity index (χ1n) is 5.92. The predicted molar refractivity (Wildman–Crippen MR) is 74.5 cm³/mol. The second-order valence-electron chi connectivity index (χ2n) is 4.28. The number of hydrogen-bond acceptors (Lipinski definition) is 4. The van der Waals surface area contributed by atoms with Crippen molar-refractivity contribution in [2.75, 3.05) is 18.9 Å². The summed E-state index contributed by atoms with van der Waals surface area (Å²) >= 11 is 0. The molecule has 0 aliphatic heterocycles. The molecule has 0 aromatic heterocycles. The molecular formula is C12H19N3O3S. The van der Waals surface area contributed by atoms with Gasteiger partial charge >= 0.3 is 0 Å². The van der Waals surface area contributed by atoms with Crippen LogP contribution in [0.2, 0.25) is 0 Å². The Hall–Kier alpha value is -1.60. The molecule has 0 aliphatic rings. The van der Waals surface area contributed by atoms with Crippen LogP contribution in [0.3, 0.4) is 0 Å². The highest BCUT2D eigenvalue weighted by atomic mass is 32.2. The fourth-order valence-corrected chi connectivity index (χ4v) is 2.41. The molecule has 0 atom stereocenters. The van der Waals surface area contributed by atoms with E-state index >= 15 is 0 Å². The van der Waals surface area contributed by atoms with Gasteiger partial charge in [-0.15, -0.1) is 0 Å². The standard InChI is InChI=1S/C12H19N3O3S/c1-9(2)15-12(16)8-14-10-6-4-5-7-11(10)19(17,18)13-3/h4-7,9,13-14H,8H2,1-3H3,(H,15,16). The highest BCUT2D eigenvalue weighted by Gasteiger charge is 2.16. The van der Waals surface area contributed by atoms with Crippen LogP contribution in [0.25, 0.3) is 0 Å². The summed E-state index contributed by atoms with van der Waals surface area (Å²) in [7, 11) is -2.20. The summed E-state index contributed by atoms with van der Waals surface area (Å²) in [5, 5.41) is 5.55. The van der Waals surface area contributed by atoms with Gasteiger partial charge in [-0.25, -0.2) is 13.1 Å². The third-order valence-corrected chi connectivity index (χ3v) is 3.81. The SMILES string of the molecule is CNS(=O)(=O)c1ccccc1NCC(=O)NC(C)C. The van der Waals surface area contributed by atoms with E-state index in [4.69, 9.17) is 0 Å². The summed E-state index contributed by atoms with van der Waals surface area (Å²) in [6.45, 7) is 3.74. The third-order valence-electron chi connectivity index (χ3n) is 2.33. The van der Waals surface area contributed by atoms with Crippen LogP contribution in [0.4, 0.5) is 5.69 Å². The van der Waals surface area contributed by atoms with Gasteiger partial charge in [0.05, 0.1) is 12.2 Å². The molecule has 3 N–H and O–H groups in total. The van der Waals surface area contributed by atoms with Crippen molar-refractivity contribution in [1.29, 1.82) is 0 Å². The highest BCUT2D eigenvalue weighted by molar-refractivity contribution is 7.89. The Bertz CT molecular complexity index is 541. The van der Waals surface area contributed by atoms with Crippen LogP contribution in [-0.4, -0.2) is 34.0 Å². The zero-order chi connectivity index (χ0) is 14.5. The Kier molecular flexibility index (Phi) is 5.31. The lowest BCUT2D eigenvalue weighted by Crippen LogP contribution is -2.35. The van der Waals surface area contributed by atoms with E-state index < -0.39 is 10.0 Å². The summed E-state index contributed by atoms with van der Waals surface area (Å²) in [4.78, 5) is 11.6. The fraction of sp³-hybridized carbons (Fsp3) is 0.417. The van der Waals surface area contributed by atoms with Crippen LogP contribution >= 0.6 is 0 Å². The summed E-state index contributed by atoms with van der Waals surface area (Å²) in [5.41, 5.74) is 0.399. The maximum absolute atomic E-state index is 11.8. The number of rotatable bonds is 6. The van der Waals surface area contributed by atoms with Crippen molar-refractivity contribution >= 4 is 21.6 Å². The zero-order valence-corrected chi connectivity index (χ0v) is 12.0. The molecule has 0 fully saturated rings. The largest absolute Gasteiger partial charge is 0.375 e. The molecule has 0 bridgehead atoms. The Morgan fingerprint density at radius 3 is 2.47 bits per heavy atom. The molecule has 6 nitrogen and oxygen atoms in total. The molecule has 106 valence electrons. The average Bonchev–Trinajstić information content (AvgIpc) is 2.36. The van der Waals surface area contributed by atoms with Gasteiger partial charge in [-0.2, -0.15) is 0 Å². The Labute approximate surface area is 113 Å². The minimum absolute atomic E-state index is 0.0222. The number of para-hydroxylation sites is 1. The second kappa shape index (κ2) is 6.53. The lowest BCUT2D eigenvalue weighted by Gasteiger charge is -2.13. The molecule has 0 unspecified atom stereocenters. The van der Waals surface area contributed by atoms with E-state index in [1.54, 1.807) is 18.2 Å². The normalized spacial score (nSPS) is 11.4. The number of carbonyl (C=O) groups is 1. The molecule has 0 spiro atoms. The van der Waals surface area contributed by atoms with Crippen molar-refractivity contribution in [1.82, 2.24) is 10.0 Å². The molecule has 1 aromatic carbocycles. The van der Waals surface area contributed by atoms with Gasteiger partial charge in [-0.05, 0) is 33.0 Å². The molecule has 19 heavy (non-hydrogen) atoms. The lowest BCUT2D eigenvalue weighted by atomic mass is 10.3. The summed E-state index contributed by atoms with van der Waals surface area (Å²) in [6.07, 6.45) is 0. The van der Waals surface area contributed by atoms with E-state index in [2.05, 4.69) is 15.4 Å². The molecule has 1 aromatic rings. The molecule has 0 saturated heterocycles. The lowest BCUT2D eigenvalue weighted by molar-refractivity contribution is -0.119. The Morgan fingerprint density at radius 1 is 1.26 bits per heavy atom. The molecule has 7 heteroatoms. The molecule has 0 saturated carbocycles. The molecule has 1 amide bonds. The molecule has 0 radical (unpaired) electrons. The minimum atomic E-state index is -3.54. The van der Waals surface area contributed by atoms with Gasteiger partial charge in [0.1, 0.15) is 4.90 Å². The van der Waals surface area contributed by atoms with Crippen LogP contribution in [0.1, 0.15) is 13.8 Å². The summed E-state index contributed by atoms with van der Waals surface area (Å²) < 4.78 is 25.8. The van der Waals surface area contributed by atoms with Gasteiger partial charge in [0.15, 0.2) is 0 Å². The van der Waals surface area contributed by atoms with E-state index in [9.17, 15) is 13.2 Å². The Balaban J connectivity index is 2.83. The maximum atomic E-state index is 11.8. The minimum Gasteiger partial charge on any atom is -0.375 e. The van der Waals surface area contributed by atoms with Gasteiger partial charge in [-0.1, -0.05) is 12.1 Å². The highest BCUT2D eigenvalue weighted by Crippen LogP contribution is 2.19. The number of hydrogen-bond donors (Lipinski definition) is 3. The van der Waals surface area contributed by atoms with Crippen molar-refractivity contribution in [2.45, 2.75) is 24.8 Å². The van der Waals surface area contributed by atoms with Crippen LogP contribution < -0.4 is 15.4 Å². The van der Waals surface area contributed by atoms with E-state index in [0.29, 0.717) is 5.69 Å². The smallest absolute Gasteiger partial charge is 0.242 e. The van der Waals surface area contributed by atoms with Gasteiger partial charge in [-0.3, -0.25) is 4.79 Å². The van der Waals surface area contributed by atoms with E-state index in [1.165, 1.54) is 13.1 Å². The quantitative estimate of drug-likeness (QED) is 0.711. The van der Waals surface area contributed by atoms with Crippen molar-refractivity contribution in [3.63, 3.8) is 0 Å². The monoisotopic (exact) mass is 285 g/mol. The zero-order valence-electron chi connectivity index (χ0n) is 11.2. The third kappa shape index (κ3) is 4.53. The first kappa shape index (κ1) is 15.5. The summed E-state index contributed by atoms with van der Waals surface area (Å²) in [5.74, 6) is -0.188. The van der Waals surface area contributed by atoms with Crippen molar-refractivity contribution in [3.8, 4) is 0 Å². The maximum Gasteiger partial charge on any atom is 0.242 e. The molecular weight excluding hydrogens is 266 g/mol. The average molecular weight is 285 g/mol. The molecule has 0 heterocycles. The number of benzene rings is 1. The number of anilines is 1. The Morgan fingerprint density at radius 2 is 1.89 bits per heavy atom. The topological polar surface area (TPSA) is 87.3 Å². The number of nitrogens with one attached hydrogen (secondary N) is 3. The van der Waals surface area contributed by atoms with E-state index in [1.807, 2.05) is 13.8 Å².